The van der Waals surface area contributed by atoms with Crippen LogP contribution in [0.2, 0.25) is 0 Å². The number of thioether (sulfide) groups is 2. The Balaban J connectivity index is 1.17. The molecule has 2 aliphatic heterocycles. The molecule has 0 bridgehead atoms. The average molecular weight is 385 g/mol. The van der Waals surface area contributed by atoms with Crippen LogP contribution < -0.4 is 0 Å². The van der Waals surface area contributed by atoms with Crippen molar-refractivity contribution in [3.63, 3.8) is 0 Å². The van der Waals surface area contributed by atoms with Crippen molar-refractivity contribution in [2.45, 2.75) is 85.4 Å². The van der Waals surface area contributed by atoms with E-state index in [0.717, 1.165) is 38.5 Å². The highest BCUT2D eigenvalue weighted by atomic mass is 32.2. The lowest BCUT2D eigenvalue weighted by Gasteiger charge is -2.25. The largest absolute Gasteiger partial charge is 0.462 e. The van der Waals surface area contributed by atoms with Crippen LogP contribution >= 0.6 is 23.5 Å². The number of carbonyl (C=O) groups is 2. The molecule has 2 heterocycles. The maximum absolute atomic E-state index is 12.3. The summed E-state index contributed by atoms with van der Waals surface area (Å²) in [6.07, 6.45) is 5.57. The Morgan fingerprint density at radius 3 is 2.04 bits per heavy atom. The quantitative estimate of drug-likeness (QED) is 0.531. The van der Waals surface area contributed by atoms with Gasteiger partial charge in [0.1, 0.15) is 12.7 Å². The van der Waals surface area contributed by atoms with Crippen LogP contribution in [0.3, 0.4) is 0 Å². The first-order valence-corrected chi connectivity index (χ1v) is 11.3. The van der Waals surface area contributed by atoms with Gasteiger partial charge in [0.15, 0.2) is 0 Å². The number of rotatable bonds is 5. The first kappa shape index (κ1) is 18.0. The smallest absolute Gasteiger partial charge is 0.309 e. The van der Waals surface area contributed by atoms with Crippen LogP contribution in [0.25, 0.3) is 0 Å². The van der Waals surface area contributed by atoms with Crippen molar-refractivity contribution in [2.24, 2.45) is 11.8 Å². The van der Waals surface area contributed by atoms with Crippen LogP contribution in [0, 0.1) is 11.8 Å². The van der Waals surface area contributed by atoms with Gasteiger partial charge in [-0.05, 0) is 59.3 Å². The van der Waals surface area contributed by atoms with E-state index in [1.54, 1.807) is 0 Å². The number of fused-ring (bicyclic) bond motifs is 2. The fourth-order valence-corrected chi connectivity index (χ4v) is 7.09. The molecule has 0 aromatic heterocycles. The lowest BCUT2D eigenvalue weighted by atomic mass is 9.83. The fraction of sp³-hybridized carbons (Fsp3) is 0.895. The molecule has 4 aliphatic rings. The normalized spacial score (nSPS) is 45.6. The average Bonchev–Trinajstić information content (AvgIpc) is 3.43. The number of hydrogen-bond acceptors (Lipinski definition) is 6. The second kappa shape index (κ2) is 6.36. The molecule has 4 rings (SSSR count). The van der Waals surface area contributed by atoms with E-state index in [-0.39, 0.29) is 36.5 Å². The van der Waals surface area contributed by atoms with E-state index in [2.05, 4.69) is 13.8 Å². The third kappa shape index (κ3) is 3.71. The molecule has 4 nitrogen and oxygen atoms in total. The SMILES string of the molecule is CC(COC(=O)C1CCC2(C)SC2C1)OC(=O)C1CCC2(C)SC2C1. The summed E-state index contributed by atoms with van der Waals surface area (Å²) in [6.45, 7) is 6.58. The Morgan fingerprint density at radius 1 is 1.00 bits per heavy atom. The van der Waals surface area contributed by atoms with E-state index in [1.807, 2.05) is 30.4 Å². The van der Waals surface area contributed by atoms with Crippen LogP contribution in [-0.4, -0.2) is 44.6 Å². The molecule has 25 heavy (non-hydrogen) atoms. The summed E-state index contributed by atoms with van der Waals surface area (Å²) in [7, 11) is 0. The molecule has 0 radical (unpaired) electrons. The molecule has 2 aliphatic carbocycles. The third-order valence-corrected chi connectivity index (χ3v) is 10.0. The van der Waals surface area contributed by atoms with Gasteiger partial charge in [0.2, 0.25) is 0 Å². The van der Waals surface area contributed by atoms with Crippen LogP contribution in [0.4, 0.5) is 0 Å². The lowest BCUT2D eigenvalue weighted by molar-refractivity contribution is -0.164. The first-order chi connectivity index (χ1) is 11.8. The van der Waals surface area contributed by atoms with E-state index in [1.165, 1.54) is 0 Å². The Morgan fingerprint density at radius 2 is 1.52 bits per heavy atom. The zero-order valence-corrected chi connectivity index (χ0v) is 16.9. The Bertz CT molecular complexity index is 582. The van der Waals surface area contributed by atoms with Crippen molar-refractivity contribution < 1.29 is 19.1 Å². The van der Waals surface area contributed by atoms with Gasteiger partial charge >= 0.3 is 11.9 Å². The number of ether oxygens (including phenoxy) is 2. The highest BCUT2D eigenvalue weighted by Crippen LogP contribution is 2.63. The molecule has 0 aromatic carbocycles. The van der Waals surface area contributed by atoms with Gasteiger partial charge in [-0.1, -0.05) is 0 Å². The van der Waals surface area contributed by atoms with Gasteiger partial charge < -0.3 is 9.47 Å². The molecule has 7 atom stereocenters. The van der Waals surface area contributed by atoms with E-state index in [9.17, 15) is 9.59 Å². The monoisotopic (exact) mass is 384 g/mol. The zero-order chi connectivity index (χ0) is 17.8. The standard InChI is InChI=1S/C19H28O4S2/c1-11(23-17(21)13-5-7-19(3)15(9-13)25-19)10-22-16(20)12-4-6-18(2)14(8-12)24-18/h11-15H,4-10H2,1-3H3. The van der Waals surface area contributed by atoms with Crippen molar-refractivity contribution in [2.75, 3.05) is 6.61 Å². The lowest BCUT2D eigenvalue weighted by Crippen LogP contribution is -2.33. The van der Waals surface area contributed by atoms with Crippen LogP contribution in [0.5, 0.6) is 0 Å². The van der Waals surface area contributed by atoms with Gasteiger partial charge in [-0.15, -0.1) is 23.5 Å². The first-order valence-electron chi connectivity index (χ1n) is 9.52. The van der Waals surface area contributed by atoms with E-state index in [0.29, 0.717) is 20.0 Å². The van der Waals surface area contributed by atoms with Crippen LogP contribution in [-0.2, 0) is 19.1 Å². The molecule has 4 fully saturated rings. The highest BCUT2D eigenvalue weighted by Gasteiger charge is 2.56. The van der Waals surface area contributed by atoms with E-state index in [4.69, 9.17) is 9.47 Å². The van der Waals surface area contributed by atoms with Gasteiger partial charge in [-0.3, -0.25) is 9.59 Å². The molecule has 0 N–H and O–H groups in total. The topological polar surface area (TPSA) is 52.6 Å². The van der Waals surface area contributed by atoms with Gasteiger partial charge in [0.05, 0.1) is 11.8 Å². The van der Waals surface area contributed by atoms with Gasteiger partial charge in [0, 0.05) is 20.0 Å². The Kier molecular flexibility index (Phi) is 4.59. The molecular weight excluding hydrogens is 356 g/mol. The molecule has 2 saturated carbocycles. The summed E-state index contributed by atoms with van der Waals surface area (Å²) in [5.74, 6) is -0.172. The molecule has 6 heteroatoms. The Labute approximate surface area is 158 Å². The highest BCUT2D eigenvalue weighted by molar-refractivity contribution is 8.08. The molecule has 140 valence electrons. The van der Waals surface area contributed by atoms with Crippen molar-refractivity contribution in [1.29, 1.82) is 0 Å². The van der Waals surface area contributed by atoms with Crippen molar-refractivity contribution in [3.05, 3.63) is 0 Å². The summed E-state index contributed by atoms with van der Waals surface area (Å²) < 4.78 is 11.8. The van der Waals surface area contributed by atoms with E-state index < -0.39 is 0 Å². The minimum absolute atomic E-state index is 0.0224. The predicted molar refractivity (Wildman–Crippen MR) is 101 cm³/mol. The van der Waals surface area contributed by atoms with Crippen molar-refractivity contribution >= 4 is 35.5 Å². The minimum atomic E-state index is -0.360. The summed E-state index contributed by atoms with van der Waals surface area (Å²) in [5, 5.41) is 1.26. The third-order valence-electron chi connectivity index (χ3n) is 6.49. The molecule has 0 spiro atoms. The number of esters is 2. The van der Waals surface area contributed by atoms with Gasteiger partial charge in [-0.2, -0.15) is 0 Å². The van der Waals surface area contributed by atoms with Gasteiger partial charge in [0.25, 0.3) is 0 Å². The molecule has 0 amide bonds. The van der Waals surface area contributed by atoms with Crippen LogP contribution in [0.1, 0.15) is 59.3 Å². The molecule has 0 aromatic rings. The summed E-state index contributed by atoms with van der Waals surface area (Å²) >= 11 is 3.99. The van der Waals surface area contributed by atoms with Crippen molar-refractivity contribution in [3.8, 4) is 0 Å². The van der Waals surface area contributed by atoms with Crippen LogP contribution in [0.15, 0.2) is 0 Å². The summed E-state index contributed by atoms with van der Waals surface area (Å²) in [6, 6.07) is 0. The summed E-state index contributed by atoms with van der Waals surface area (Å²) in [5.41, 5.74) is 0. The fourth-order valence-electron chi connectivity index (χ4n) is 4.36. The number of carbonyl (C=O) groups excluding carboxylic acids is 2. The maximum atomic E-state index is 12.3. The predicted octanol–water partition coefficient (Wildman–Crippen LogP) is 3.81. The second-order valence-electron chi connectivity index (χ2n) is 8.66. The van der Waals surface area contributed by atoms with E-state index >= 15 is 0 Å². The van der Waals surface area contributed by atoms with Crippen molar-refractivity contribution in [1.82, 2.24) is 0 Å². The number of hydrogen-bond donors (Lipinski definition) is 0. The molecule has 2 saturated heterocycles. The zero-order valence-electron chi connectivity index (χ0n) is 15.3. The Hall–Kier alpha value is -0.360. The second-order valence-corrected chi connectivity index (χ2v) is 12.1. The minimum Gasteiger partial charge on any atom is -0.462 e. The maximum Gasteiger partial charge on any atom is 0.309 e. The van der Waals surface area contributed by atoms with Gasteiger partial charge in [-0.25, -0.2) is 0 Å². The summed E-state index contributed by atoms with van der Waals surface area (Å²) in [4.78, 5) is 24.6. The molecule has 7 unspecified atom stereocenters. The molecular formula is C19H28O4S2.